The van der Waals surface area contributed by atoms with Gasteiger partial charge in [0.2, 0.25) is 0 Å². The van der Waals surface area contributed by atoms with Gasteiger partial charge in [-0.2, -0.15) is 0 Å². The lowest BCUT2D eigenvalue weighted by Gasteiger charge is -2.20. The van der Waals surface area contributed by atoms with Crippen LogP contribution in [0.15, 0.2) is 48.5 Å². The highest BCUT2D eigenvalue weighted by molar-refractivity contribution is 6.32. The fraction of sp³-hybridized carbons (Fsp3) is 0.300. The number of halogens is 1. The SMILES string of the molecule is O=C(COc1ccc(-c2ccccc2)cc1Cl)O[C@@H]1CCCCC1=O. The zero-order chi connectivity index (χ0) is 17.6. The summed E-state index contributed by atoms with van der Waals surface area (Å²) in [7, 11) is 0. The quantitative estimate of drug-likeness (QED) is 0.741. The Hall–Kier alpha value is -2.33. The monoisotopic (exact) mass is 358 g/mol. The molecule has 3 rings (SSSR count). The number of Topliss-reactive ketones (excluding diaryl/α,β-unsaturated/α-hetero) is 1. The summed E-state index contributed by atoms with van der Waals surface area (Å²) in [6, 6.07) is 15.2. The van der Waals surface area contributed by atoms with Crippen LogP contribution in [0.4, 0.5) is 0 Å². The summed E-state index contributed by atoms with van der Waals surface area (Å²) in [5, 5.41) is 0.419. The molecule has 0 aliphatic heterocycles. The van der Waals surface area contributed by atoms with Crippen molar-refractivity contribution in [3.8, 4) is 16.9 Å². The highest BCUT2D eigenvalue weighted by atomic mass is 35.5. The van der Waals surface area contributed by atoms with Gasteiger partial charge < -0.3 is 9.47 Å². The molecular formula is C20H19ClO4. The molecule has 25 heavy (non-hydrogen) atoms. The molecule has 0 spiro atoms. The molecule has 1 aliphatic carbocycles. The second kappa shape index (κ2) is 8.17. The van der Waals surface area contributed by atoms with Gasteiger partial charge in [0.25, 0.3) is 0 Å². The fourth-order valence-electron chi connectivity index (χ4n) is 2.83. The first kappa shape index (κ1) is 17.5. The van der Waals surface area contributed by atoms with Crippen LogP contribution in [-0.4, -0.2) is 24.5 Å². The minimum absolute atomic E-state index is 0.00940. The van der Waals surface area contributed by atoms with Gasteiger partial charge >= 0.3 is 5.97 Å². The first-order valence-electron chi connectivity index (χ1n) is 8.33. The smallest absolute Gasteiger partial charge is 0.344 e. The summed E-state index contributed by atoms with van der Waals surface area (Å²) in [6.07, 6.45) is 2.22. The maximum Gasteiger partial charge on any atom is 0.344 e. The summed E-state index contributed by atoms with van der Waals surface area (Å²) in [6.45, 7) is -0.270. The van der Waals surface area contributed by atoms with E-state index in [0.717, 1.165) is 24.0 Å². The normalized spacial score (nSPS) is 17.2. The molecule has 0 heterocycles. The van der Waals surface area contributed by atoms with Crippen LogP contribution in [0.5, 0.6) is 5.75 Å². The molecule has 130 valence electrons. The van der Waals surface area contributed by atoms with Gasteiger partial charge in [-0.1, -0.05) is 48.0 Å². The van der Waals surface area contributed by atoms with Crippen LogP contribution in [0.3, 0.4) is 0 Å². The van der Waals surface area contributed by atoms with E-state index in [1.807, 2.05) is 36.4 Å². The topological polar surface area (TPSA) is 52.6 Å². The van der Waals surface area contributed by atoms with Gasteiger partial charge in [0.05, 0.1) is 5.02 Å². The van der Waals surface area contributed by atoms with Crippen LogP contribution in [0.2, 0.25) is 5.02 Å². The molecule has 0 aromatic heterocycles. The number of esters is 1. The predicted molar refractivity (Wildman–Crippen MR) is 95.7 cm³/mol. The Labute approximate surface area is 151 Å². The van der Waals surface area contributed by atoms with Crippen molar-refractivity contribution in [3.63, 3.8) is 0 Å². The van der Waals surface area contributed by atoms with E-state index in [1.54, 1.807) is 12.1 Å². The van der Waals surface area contributed by atoms with E-state index in [-0.39, 0.29) is 12.4 Å². The van der Waals surface area contributed by atoms with Crippen molar-refractivity contribution in [3.05, 3.63) is 53.6 Å². The summed E-state index contributed by atoms with van der Waals surface area (Å²) < 4.78 is 10.7. The zero-order valence-corrected chi connectivity index (χ0v) is 14.5. The Morgan fingerprint density at radius 2 is 1.88 bits per heavy atom. The molecule has 0 amide bonds. The van der Waals surface area contributed by atoms with Crippen molar-refractivity contribution in [2.45, 2.75) is 31.8 Å². The Kier molecular flexibility index (Phi) is 5.71. The molecule has 0 radical (unpaired) electrons. The third-order valence-electron chi connectivity index (χ3n) is 4.16. The van der Waals surface area contributed by atoms with Crippen molar-refractivity contribution >= 4 is 23.4 Å². The molecule has 4 nitrogen and oxygen atoms in total. The van der Waals surface area contributed by atoms with Gasteiger partial charge in [-0.25, -0.2) is 4.79 Å². The lowest BCUT2D eigenvalue weighted by Crippen LogP contribution is -2.32. The van der Waals surface area contributed by atoms with E-state index in [9.17, 15) is 9.59 Å². The number of carbonyl (C=O) groups is 2. The second-order valence-corrected chi connectivity index (χ2v) is 6.40. The van der Waals surface area contributed by atoms with Crippen molar-refractivity contribution in [1.29, 1.82) is 0 Å². The van der Waals surface area contributed by atoms with Crippen LogP contribution in [0.25, 0.3) is 11.1 Å². The number of rotatable bonds is 5. The first-order chi connectivity index (χ1) is 12.1. The maximum absolute atomic E-state index is 11.9. The van der Waals surface area contributed by atoms with Crippen LogP contribution in [0, 0.1) is 0 Å². The Balaban J connectivity index is 1.58. The predicted octanol–water partition coefficient (Wildman–Crippen LogP) is 4.44. The number of carbonyl (C=O) groups excluding carboxylic acids is 2. The molecule has 0 saturated heterocycles. The average molecular weight is 359 g/mol. The molecule has 2 aromatic rings. The van der Waals surface area contributed by atoms with Gasteiger partial charge in [-0.15, -0.1) is 0 Å². The molecule has 1 aliphatic rings. The Morgan fingerprint density at radius 1 is 1.08 bits per heavy atom. The van der Waals surface area contributed by atoms with E-state index >= 15 is 0 Å². The van der Waals surface area contributed by atoms with Crippen molar-refractivity contribution in [2.24, 2.45) is 0 Å². The summed E-state index contributed by atoms with van der Waals surface area (Å²) in [5.74, 6) is -0.151. The molecule has 1 fully saturated rings. The Bertz CT molecular complexity index is 758. The molecule has 0 bridgehead atoms. The molecule has 1 atom stereocenters. The zero-order valence-electron chi connectivity index (χ0n) is 13.7. The average Bonchev–Trinajstić information content (AvgIpc) is 2.63. The lowest BCUT2D eigenvalue weighted by atomic mass is 9.96. The molecule has 0 N–H and O–H groups in total. The van der Waals surface area contributed by atoms with Gasteiger partial charge in [-0.3, -0.25) is 4.79 Å². The van der Waals surface area contributed by atoms with E-state index in [0.29, 0.717) is 23.6 Å². The van der Waals surface area contributed by atoms with Crippen molar-refractivity contribution < 1.29 is 19.1 Å². The minimum Gasteiger partial charge on any atom is -0.480 e. The largest absolute Gasteiger partial charge is 0.480 e. The number of benzene rings is 2. The maximum atomic E-state index is 11.9. The van der Waals surface area contributed by atoms with Gasteiger partial charge in [0.1, 0.15) is 5.75 Å². The third-order valence-corrected chi connectivity index (χ3v) is 4.45. The Morgan fingerprint density at radius 3 is 2.60 bits per heavy atom. The third kappa shape index (κ3) is 4.60. The van der Waals surface area contributed by atoms with E-state index in [1.165, 1.54) is 0 Å². The second-order valence-electron chi connectivity index (χ2n) is 5.99. The lowest BCUT2D eigenvalue weighted by molar-refractivity contribution is -0.158. The summed E-state index contributed by atoms with van der Waals surface area (Å²) in [4.78, 5) is 23.6. The molecule has 0 unspecified atom stereocenters. The number of hydrogen-bond donors (Lipinski definition) is 0. The number of ether oxygens (including phenoxy) is 2. The highest BCUT2D eigenvalue weighted by Gasteiger charge is 2.25. The standard InChI is InChI=1S/C20H19ClO4/c21-16-12-15(14-6-2-1-3-7-14)10-11-18(16)24-13-20(23)25-19-9-5-4-8-17(19)22/h1-3,6-7,10-12,19H,4-5,8-9,13H2/t19-/m1/s1. The number of ketones is 1. The van der Waals surface area contributed by atoms with Gasteiger partial charge in [-0.05, 0) is 42.5 Å². The van der Waals surface area contributed by atoms with E-state index < -0.39 is 12.1 Å². The summed E-state index contributed by atoms with van der Waals surface area (Å²) >= 11 is 6.25. The van der Waals surface area contributed by atoms with Crippen LogP contribution < -0.4 is 4.74 Å². The van der Waals surface area contributed by atoms with Gasteiger partial charge in [0, 0.05) is 6.42 Å². The highest BCUT2D eigenvalue weighted by Crippen LogP contribution is 2.30. The van der Waals surface area contributed by atoms with Gasteiger partial charge in [0.15, 0.2) is 18.5 Å². The van der Waals surface area contributed by atoms with E-state index in [2.05, 4.69) is 0 Å². The fourth-order valence-corrected chi connectivity index (χ4v) is 3.07. The van der Waals surface area contributed by atoms with E-state index in [4.69, 9.17) is 21.1 Å². The first-order valence-corrected chi connectivity index (χ1v) is 8.71. The molecular weight excluding hydrogens is 340 g/mol. The minimum atomic E-state index is -0.624. The van der Waals surface area contributed by atoms with Crippen LogP contribution in [0.1, 0.15) is 25.7 Å². The molecule has 5 heteroatoms. The molecule has 1 saturated carbocycles. The molecule has 2 aromatic carbocycles. The number of hydrogen-bond acceptors (Lipinski definition) is 4. The summed E-state index contributed by atoms with van der Waals surface area (Å²) in [5.41, 5.74) is 2.01. The van der Waals surface area contributed by atoms with Crippen LogP contribution >= 0.6 is 11.6 Å². The van der Waals surface area contributed by atoms with Crippen LogP contribution in [-0.2, 0) is 14.3 Å². The van der Waals surface area contributed by atoms with Crippen molar-refractivity contribution in [2.75, 3.05) is 6.61 Å². The van der Waals surface area contributed by atoms with Crippen molar-refractivity contribution in [1.82, 2.24) is 0 Å².